The molecular formula is C16H25NO. The molecule has 1 N–H and O–H groups in total. The highest BCUT2D eigenvalue weighted by atomic mass is 16.3. The number of aliphatic hydroxyl groups is 1. The van der Waals surface area contributed by atoms with Gasteiger partial charge in [-0.05, 0) is 55.6 Å². The van der Waals surface area contributed by atoms with Gasteiger partial charge in [-0.15, -0.1) is 0 Å². The molecule has 0 aliphatic heterocycles. The molecule has 2 nitrogen and oxygen atoms in total. The van der Waals surface area contributed by atoms with Crippen LogP contribution < -0.4 is 0 Å². The van der Waals surface area contributed by atoms with E-state index in [2.05, 4.69) is 18.8 Å². The highest BCUT2D eigenvalue weighted by Crippen LogP contribution is 2.35. The lowest BCUT2D eigenvalue weighted by Gasteiger charge is -2.34. The minimum Gasteiger partial charge on any atom is -0.393 e. The lowest BCUT2D eigenvalue weighted by molar-refractivity contribution is 0.0508. The van der Waals surface area contributed by atoms with Gasteiger partial charge in [-0.25, -0.2) is 0 Å². The molecule has 1 aromatic heterocycles. The van der Waals surface area contributed by atoms with E-state index in [9.17, 15) is 5.11 Å². The third kappa shape index (κ3) is 3.55. The highest BCUT2D eigenvalue weighted by molar-refractivity contribution is 5.03. The van der Waals surface area contributed by atoms with Crippen LogP contribution in [0.2, 0.25) is 0 Å². The molecule has 0 amide bonds. The molecule has 1 aliphatic carbocycles. The molecular weight excluding hydrogens is 222 g/mol. The number of hydrogen-bond acceptors (Lipinski definition) is 2. The summed E-state index contributed by atoms with van der Waals surface area (Å²) in [5.41, 5.74) is 1.09. The molecule has 1 aromatic rings. The second-order valence-electron chi connectivity index (χ2n) is 5.95. The molecule has 18 heavy (non-hydrogen) atoms. The summed E-state index contributed by atoms with van der Waals surface area (Å²) in [4.78, 5) is 4.31. The predicted molar refractivity (Wildman–Crippen MR) is 74.2 cm³/mol. The van der Waals surface area contributed by atoms with E-state index >= 15 is 0 Å². The lowest BCUT2D eigenvalue weighted by Crippen LogP contribution is -2.29. The Morgan fingerprint density at radius 1 is 1.28 bits per heavy atom. The summed E-state index contributed by atoms with van der Waals surface area (Å²) in [5.74, 6) is 2.08. The third-order valence-corrected chi connectivity index (χ3v) is 4.61. The Balaban J connectivity index is 1.80. The standard InChI is InChI=1S/C16H25NO/c1-12-6-7-14(11-13(12)2)16(18)9-8-15-5-3-4-10-17-15/h3-5,10,12-14,16,18H,6-9,11H2,1-2H3. The van der Waals surface area contributed by atoms with Crippen molar-refractivity contribution in [3.8, 4) is 0 Å². The number of rotatable bonds is 4. The van der Waals surface area contributed by atoms with Gasteiger partial charge in [0.15, 0.2) is 0 Å². The second-order valence-corrected chi connectivity index (χ2v) is 5.95. The van der Waals surface area contributed by atoms with Crippen LogP contribution in [0, 0.1) is 17.8 Å². The quantitative estimate of drug-likeness (QED) is 0.884. The maximum Gasteiger partial charge on any atom is 0.0572 e. The lowest BCUT2D eigenvalue weighted by atomic mass is 9.73. The first-order valence-electron chi connectivity index (χ1n) is 7.24. The zero-order chi connectivity index (χ0) is 13.0. The van der Waals surface area contributed by atoms with Gasteiger partial charge in [0.05, 0.1) is 6.10 Å². The zero-order valence-electron chi connectivity index (χ0n) is 11.5. The number of aromatic nitrogens is 1. The van der Waals surface area contributed by atoms with Crippen molar-refractivity contribution in [3.63, 3.8) is 0 Å². The normalized spacial score (nSPS) is 30.1. The first kappa shape index (κ1) is 13.5. The molecule has 0 bridgehead atoms. The summed E-state index contributed by atoms with van der Waals surface area (Å²) in [6.45, 7) is 4.66. The van der Waals surface area contributed by atoms with E-state index in [1.54, 1.807) is 0 Å². The molecule has 4 unspecified atom stereocenters. The van der Waals surface area contributed by atoms with Gasteiger partial charge in [-0.3, -0.25) is 4.98 Å². The van der Waals surface area contributed by atoms with Crippen molar-refractivity contribution in [3.05, 3.63) is 30.1 Å². The molecule has 100 valence electrons. The number of pyridine rings is 1. The summed E-state index contributed by atoms with van der Waals surface area (Å²) < 4.78 is 0. The van der Waals surface area contributed by atoms with Crippen LogP contribution in [0.15, 0.2) is 24.4 Å². The number of aryl methyl sites for hydroxylation is 1. The van der Waals surface area contributed by atoms with Gasteiger partial charge >= 0.3 is 0 Å². The van der Waals surface area contributed by atoms with Crippen molar-refractivity contribution in [1.82, 2.24) is 4.98 Å². The van der Waals surface area contributed by atoms with Crippen LogP contribution in [-0.2, 0) is 6.42 Å². The molecule has 2 heteroatoms. The van der Waals surface area contributed by atoms with Crippen LogP contribution in [0.4, 0.5) is 0 Å². The Bertz CT molecular complexity index is 351. The molecule has 0 spiro atoms. The van der Waals surface area contributed by atoms with Gasteiger partial charge in [0.1, 0.15) is 0 Å². The summed E-state index contributed by atoms with van der Waals surface area (Å²) in [7, 11) is 0. The van der Waals surface area contributed by atoms with E-state index in [0.29, 0.717) is 5.92 Å². The maximum atomic E-state index is 10.3. The minimum absolute atomic E-state index is 0.151. The molecule has 1 aliphatic rings. The van der Waals surface area contributed by atoms with Crippen molar-refractivity contribution in [1.29, 1.82) is 0 Å². The van der Waals surface area contributed by atoms with Gasteiger partial charge in [-0.1, -0.05) is 26.3 Å². The predicted octanol–water partition coefficient (Wildman–Crippen LogP) is 3.45. The van der Waals surface area contributed by atoms with Gasteiger partial charge in [0.25, 0.3) is 0 Å². The number of aliphatic hydroxyl groups excluding tert-OH is 1. The molecule has 0 saturated heterocycles. The van der Waals surface area contributed by atoms with E-state index < -0.39 is 0 Å². The highest BCUT2D eigenvalue weighted by Gasteiger charge is 2.28. The van der Waals surface area contributed by atoms with Crippen LogP contribution in [0.25, 0.3) is 0 Å². The smallest absolute Gasteiger partial charge is 0.0572 e. The first-order valence-corrected chi connectivity index (χ1v) is 7.24. The summed E-state index contributed by atoms with van der Waals surface area (Å²) >= 11 is 0. The molecule has 2 rings (SSSR count). The third-order valence-electron chi connectivity index (χ3n) is 4.61. The first-order chi connectivity index (χ1) is 8.66. The van der Waals surface area contributed by atoms with Crippen LogP contribution >= 0.6 is 0 Å². The van der Waals surface area contributed by atoms with Crippen LogP contribution in [0.1, 0.15) is 45.2 Å². The summed E-state index contributed by atoms with van der Waals surface area (Å²) in [6, 6.07) is 5.99. The Morgan fingerprint density at radius 3 is 2.78 bits per heavy atom. The molecule has 1 saturated carbocycles. The average Bonchev–Trinajstić information content (AvgIpc) is 2.40. The number of nitrogens with zero attached hydrogens (tertiary/aromatic N) is 1. The van der Waals surface area contributed by atoms with Gasteiger partial charge in [0, 0.05) is 11.9 Å². The molecule has 1 heterocycles. The summed E-state index contributed by atoms with van der Waals surface area (Å²) in [6.07, 6.45) is 7.06. The SMILES string of the molecule is CC1CCC(C(O)CCc2ccccn2)CC1C. The molecule has 0 radical (unpaired) electrons. The van der Waals surface area contributed by atoms with E-state index in [0.717, 1.165) is 30.4 Å². The Labute approximate surface area is 110 Å². The minimum atomic E-state index is -0.151. The zero-order valence-corrected chi connectivity index (χ0v) is 11.5. The second kappa shape index (κ2) is 6.33. The van der Waals surface area contributed by atoms with Gasteiger partial charge in [0.2, 0.25) is 0 Å². The Kier molecular flexibility index (Phi) is 4.76. The van der Waals surface area contributed by atoms with Crippen molar-refractivity contribution in [2.24, 2.45) is 17.8 Å². The molecule has 0 aromatic carbocycles. The fourth-order valence-electron chi connectivity index (χ4n) is 3.02. The van der Waals surface area contributed by atoms with Crippen molar-refractivity contribution >= 4 is 0 Å². The van der Waals surface area contributed by atoms with E-state index in [1.165, 1.54) is 19.3 Å². The topological polar surface area (TPSA) is 33.1 Å². The average molecular weight is 247 g/mol. The van der Waals surface area contributed by atoms with E-state index in [1.807, 2.05) is 24.4 Å². The Morgan fingerprint density at radius 2 is 2.11 bits per heavy atom. The summed E-state index contributed by atoms with van der Waals surface area (Å²) in [5, 5.41) is 10.3. The van der Waals surface area contributed by atoms with Crippen LogP contribution in [-0.4, -0.2) is 16.2 Å². The fraction of sp³-hybridized carbons (Fsp3) is 0.688. The van der Waals surface area contributed by atoms with Crippen LogP contribution in [0.3, 0.4) is 0 Å². The van der Waals surface area contributed by atoms with Gasteiger partial charge in [-0.2, -0.15) is 0 Å². The monoisotopic (exact) mass is 247 g/mol. The van der Waals surface area contributed by atoms with Crippen LogP contribution in [0.5, 0.6) is 0 Å². The largest absolute Gasteiger partial charge is 0.393 e. The van der Waals surface area contributed by atoms with Gasteiger partial charge < -0.3 is 5.11 Å². The van der Waals surface area contributed by atoms with Crippen molar-refractivity contribution in [2.75, 3.05) is 0 Å². The number of hydrogen-bond donors (Lipinski definition) is 1. The van der Waals surface area contributed by atoms with E-state index in [4.69, 9.17) is 0 Å². The fourth-order valence-corrected chi connectivity index (χ4v) is 3.02. The molecule has 1 fully saturated rings. The Hall–Kier alpha value is -0.890. The van der Waals surface area contributed by atoms with Crippen molar-refractivity contribution < 1.29 is 5.11 Å². The van der Waals surface area contributed by atoms with E-state index in [-0.39, 0.29) is 6.10 Å². The molecule has 4 atom stereocenters. The maximum absolute atomic E-state index is 10.3. The van der Waals surface area contributed by atoms with Crippen molar-refractivity contribution in [2.45, 2.75) is 52.1 Å².